The molecule has 5 nitrogen and oxygen atoms in total. The second-order valence-electron chi connectivity index (χ2n) is 2.47. The zero-order valence-electron chi connectivity index (χ0n) is 6.77. The molecule has 0 spiro atoms. The fourth-order valence-electron chi connectivity index (χ4n) is 0.963. The molecule has 2 heterocycles. The number of H-pyrrole nitrogens is 1. The molecule has 66 valence electrons. The zero-order chi connectivity index (χ0) is 9.10. The molecule has 5 heteroatoms. The zero-order valence-corrected chi connectivity index (χ0v) is 6.77. The van der Waals surface area contributed by atoms with Gasteiger partial charge in [-0.15, -0.1) is 0 Å². The lowest BCUT2D eigenvalue weighted by molar-refractivity contribution is 0.936. The van der Waals surface area contributed by atoms with Crippen LogP contribution in [0.5, 0.6) is 0 Å². The molecule has 2 aromatic rings. The summed E-state index contributed by atoms with van der Waals surface area (Å²) in [6.07, 6.45) is 6.58. The summed E-state index contributed by atoms with van der Waals surface area (Å²) >= 11 is 0. The molecule has 0 amide bonds. The van der Waals surface area contributed by atoms with E-state index in [1.165, 1.54) is 12.4 Å². The second kappa shape index (κ2) is 3.14. The highest BCUT2D eigenvalue weighted by atomic mass is 16.1. The lowest BCUT2D eigenvalue weighted by Crippen LogP contribution is -2.18. The molecule has 13 heavy (non-hydrogen) atoms. The second-order valence-corrected chi connectivity index (χ2v) is 2.47. The summed E-state index contributed by atoms with van der Waals surface area (Å²) in [7, 11) is 0. The number of aromatic amines is 1. The van der Waals surface area contributed by atoms with Crippen LogP contribution >= 0.6 is 0 Å². The van der Waals surface area contributed by atoms with Gasteiger partial charge in [-0.2, -0.15) is 0 Å². The van der Waals surface area contributed by atoms with Crippen LogP contribution in [0.2, 0.25) is 0 Å². The average Bonchev–Trinajstić information content (AvgIpc) is 2.61. The molecular formula is C8H8N4O. The first kappa shape index (κ1) is 7.60. The number of anilines is 1. The minimum Gasteiger partial charge on any atom is -0.324 e. The molecule has 0 atom stereocenters. The van der Waals surface area contributed by atoms with Crippen molar-refractivity contribution in [2.24, 2.45) is 0 Å². The van der Waals surface area contributed by atoms with Crippen LogP contribution in [0.4, 0.5) is 5.82 Å². The average molecular weight is 176 g/mol. The van der Waals surface area contributed by atoms with E-state index in [-0.39, 0.29) is 11.4 Å². The summed E-state index contributed by atoms with van der Waals surface area (Å²) in [6.45, 7) is 0. The van der Waals surface area contributed by atoms with Gasteiger partial charge in [-0.25, -0.2) is 4.98 Å². The Hall–Kier alpha value is -2.04. The van der Waals surface area contributed by atoms with E-state index in [0.717, 1.165) is 0 Å². The van der Waals surface area contributed by atoms with Crippen molar-refractivity contribution in [2.45, 2.75) is 0 Å². The summed E-state index contributed by atoms with van der Waals surface area (Å²) in [5.41, 5.74) is 2.57. The quantitative estimate of drug-likeness (QED) is 0.698. The predicted octanol–water partition coefficient (Wildman–Crippen LogP) is 0.447. The molecule has 0 fully saturated rings. The van der Waals surface area contributed by atoms with Crippen molar-refractivity contribution in [3.05, 3.63) is 47.3 Å². The molecule has 0 aliphatic rings. The number of hydrogen-bond donors (Lipinski definition) is 2. The molecule has 0 saturated heterocycles. The number of aromatic nitrogens is 3. The molecular weight excluding hydrogens is 168 g/mol. The maximum atomic E-state index is 11.2. The molecule has 0 bridgehead atoms. The maximum Gasteiger partial charge on any atom is 0.292 e. The first-order valence-corrected chi connectivity index (χ1v) is 3.80. The van der Waals surface area contributed by atoms with Crippen LogP contribution in [0.1, 0.15) is 0 Å². The number of nitrogens with one attached hydrogen (secondary N) is 2. The minimum absolute atomic E-state index is 0.240. The first-order valence-electron chi connectivity index (χ1n) is 3.80. The first-order chi connectivity index (χ1) is 6.36. The Balaban J connectivity index is 2.29. The van der Waals surface area contributed by atoms with Gasteiger partial charge in [-0.1, -0.05) is 0 Å². The van der Waals surface area contributed by atoms with Crippen LogP contribution in [0, 0.1) is 0 Å². The predicted molar refractivity (Wildman–Crippen MR) is 48.3 cm³/mol. The van der Waals surface area contributed by atoms with Gasteiger partial charge < -0.3 is 4.98 Å². The molecule has 0 saturated carbocycles. The maximum absolute atomic E-state index is 11.2. The van der Waals surface area contributed by atoms with Gasteiger partial charge in [0.25, 0.3) is 5.56 Å². The molecule has 2 aromatic heterocycles. The van der Waals surface area contributed by atoms with Gasteiger partial charge in [0.2, 0.25) is 5.82 Å². The lowest BCUT2D eigenvalue weighted by atomic mass is 10.7. The van der Waals surface area contributed by atoms with Crippen molar-refractivity contribution in [2.75, 3.05) is 5.43 Å². The van der Waals surface area contributed by atoms with E-state index in [1.807, 2.05) is 12.1 Å². The minimum atomic E-state index is -0.240. The standard InChI is InChI=1S/C8H8N4O/c13-8-7(9-3-4-10-8)11-12-5-1-2-6-12/h1-6H,(H,9,11)(H,10,13). The topological polar surface area (TPSA) is 62.7 Å². The van der Waals surface area contributed by atoms with E-state index in [1.54, 1.807) is 17.1 Å². The summed E-state index contributed by atoms with van der Waals surface area (Å²) in [5.74, 6) is 0.277. The van der Waals surface area contributed by atoms with Crippen LogP contribution < -0.4 is 11.0 Å². The van der Waals surface area contributed by atoms with E-state index in [9.17, 15) is 4.79 Å². The van der Waals surface area contributed by atoms with E-state index in [0.29, 0.717) is 0 Å². The van der Waals surface area contributed by atoms with Crippen LogP contribution in [0.25, 0.3) is 0 Å². The number of hydrogen-bond acceptors (Lipinski definition) is 3. The fourth-order valence-corrected chi connectivity index (χ4v) is 0.963. The van der Waals surface area contributed by atoms with Crippen LogP contribution in [0.15, 0.2) is 41.7 Å². The van der Waals surface area contributed by atoms with Crippen molar-refractivity contribution >= 4 is 5.82 Å². The normalized spacial score (nSPS) is 9.85. The lowest BCUT2D eigenvalue weighted by Gasteiger charge is -2.03. The monoisotopic (exact) mass is 176 g/mol. The van der Waals surface area contributed by atoms with E-state index in [4.69, 9.17) is 0 Å². The van der Waals surface area contributed by atoms with E-state index in [2.05, 4.69) is 15.4 Å². The summed E-state index contributed by atoms with van der Waals surface area (Å²) in [6, 6.07) is 3.70. The van der Waals surface area contributed by atoms with Gasteiger partial charge >= 0.3 is 0 Å². The fraction of sp³-hybridized carbons (Fsp3) is 0. The van der Waals surface area contributed by atoms with E-state index >= 15 is 0 Å². The van der Waals surface area contributed by atoms with Crippen LogP contribution in [0.3, 0.4) is 0 Å². The van der Waals surface area contributed by atoms with Gasteiger partial charge in [0.15, 0.2) is 0 Å². The summed E-state index contributed by atoms with van der Waals surface area (Å²) in [4.78, 5) is 17.5. The van der Waals surface area contributed by atoms with Crippen molar-refractivity contribution in [3.8, 4) is 0 Å². The molecule has 0 radical (unpaired) electrons. The Kier molecular flexibility index (Phi) is 1.84. The van der Waals surface area contributed by atoms with Crippen molar-refractivity contribution in [3.63, 3.8) is 0 Å². The molecule has 0 unspecified atom stereocenters. The van der Waals surface area contributed by atoms with Crippen molar-refractivity contribution < 1.29 is 0 Å². The molecule has 0 aromatic carbocycles. The van der Waals surface area contributed by atoms with Gasteiger partial charge in [0.1, 0.15) is 0 Å². The Bertz CT molecular complexity index is 431. The van der Waals surface area contributed by atoms with Gasteiger partial charge in [-0.05, 0) is 12.1 Å². The summed E-state index contributed by atoms with van der Waals surface area (Å²) < 4.78 is 1.65. The van der Waals surface area contributed by atoms with Crippen LogP contribution in [-0.2, 0) is 0 Å². The third kappa shape index (κ3) is 1.58. The van der Waals surface area contributed by atoms with Crippen LogP contribution in [-0.4, -0.2) is 14.6 Å². The van der Waals surface area contributed by atoms with Crippen molar-refractivity contribution in [1.29, 1.82) is 0 Å². The third-order valence-electron chi connectivity index (χ3n) is 1.55. The van der Waals surface area contributed by atoms with Gasteiger partial charge in [-0.3, -0.25) is 14.9 Å². The van der Waals surface area contributed by atoms with Crippen molar-refractivity contribution in [1.82, 2.24) is 14.6 Å². The summed E-state index contributed by atoms with van der Waals surface area (Å²) in [5, 5.41) is 0. The van der Waals surface area contributed by atoms with Gasteiger partial charge in [0.05, 0.1) is 0 Å². The highest BCUT2D eigenvalue weighted by Gasteiger charge is 1.97. The van der Waals surface area contributed by atoms with E-state index < -0.39 is 0 Å². The Morgan fingerprint density at radius 3 is 2.85 bits per heavy atom. The van der Waals surface area contributed by atoms with Gasteiger partial charge in [0, 0.05) is 24.8 Å². The SMILES string of the molecule is O=c1[nH]ccnc1Nn1cccc1. The molecule has 2 rings (SSSR count). The molecule has 0 aliphatic carbocycles. The Labute approximate surface area is 74.0 Å². The Morgan fingerprint density at radius 2 is 2.15 bits per heavy atom. The largest absolute Gasteiger partial charge is 0.324 e. The third-order valence-corrected chi connectivity index (χ3v) is 1.55. The smallest absolute Gasteiger partial charge is 0.292 e. The molecule has 2 N–H and O–H groups in total. The number of rotatable bonds is 2. The molecule has 0 aliphatic heterocycles. The highest BCUT2D eigenvalue weighted by molar-refractivity contribution is 5.29. The Morgan fingerprint density at radius 1 is 1.38 bits per heavy atom. The highest BCUT2D eigenvalue weighted by Crippen LogP contribution is 1.93. The number of nitrogens with zero attached hydrogens (tertiary/aromatic N) is 2.